The summed E-state index contributed by atoms with van der Waals surface area (Å²) in [5, 5.41) is 19.8. The van der Waals surface area contributed by atoms with Crippen molar-refractivity contribution < 1.29 is 14.6 Å². The first kappa shape index (κ1) is 17.0. The molecular weight excluding hydrogens is 338 g/mol. The van der Waals surface area contributed by atoms with E-state index < -0.39 is 5.97 Å². The number of thioether (sulfide) groups is 1. The van der Waals surface area contributed by atoms with E-state index in [4.69, 9.17) is 4.74 Å². The Balaban J connectivity index is 2.20. The van der Waals surface area contributed by atoms with Gasteiger partial charge in [-0.05, 0) is 24.6 Å². The van der Waals surface area contributed by atoms with Gasteiger partial charge in [0.15, 0.2) is 11.0 Å². The van der Waals surface area contributed by atoms with Crippen LogP contribution in [0.4, 0.5) is 0 Å². The number of carbonyl (C=O) groups is 1. The molecule has 0 spiro atoms. The van der Waals surface area contributed by atoms with E-state index in [0.717, 1.165) is 28.6 Å². The van der Waals surface area contributed by atoms with E-state index in [1.807, 2.05) is 60.0 Å². The lowest BCUT2D eigenvalue weighted by atomic mass is 10.1. The zero-order valence-corrected chi connectivity index (χ0v) is 14.6. The second kappa shape index (κ2) is 7.40. The van der Waals surface area contributed by atoms with Gasteiger partial charge in [-0.25, -0.2) is 0 Å². The smallest absolute Gasteiger partial charge is 0.196 e. The number of carboxylic acids is 1. The molecule has 0 aliphatic carbocycles. The van der Waals surface area contributed by atoms with E-state index in [1.165, 1.54) is 0 Å². The highest BCUT2D eigenvalue weighted by Gasteiger charge is 2.19. The molecule has 0 fully saturated rings. The summed E-state index contributed by atoms with van der Waals surface area (Å²) in [4.78, 5) is 10.9. The average Bonchev–Trinajstić information content (AvgIpc) is 3.03. The predicted molar refractivity (Wildman–Crippen MR) is 93.8 cm³/mol. The van der Waals surface area contributed by atoms with Crippen LogP contribution in [0.15, 0.2) is 53.7 Å². The van der Waals surface area contributed by atoms with Crippen LogP contribution in [0.2, 0.25) is 0 Å². The van der Waals surface area contributed by atoms with Crippen LogP contribution in [-0.2, 0) is 4.79 Å². The second-order valence-corrected chi connectivity index (χ2v) is 6.23. The third kappa shape index (κ3) is 3.51. The minimum absolute atomic E-state index is 0.207. The Bertz CT molecular complexity index is 908. The van der Waals surface area contributed by atoms with Crippen LogP contribution in [0.5, 0.6) is 5.75 Å². The number of carbonyl (C=O) groups excluding carboxylic acids is 1. The van der Waals surface area contributed by atoms with Crippen molar-refractivity contribution in [2.75, 3.05) is 12.9 Å². The number of hydrogen-bond acceptors (Lipinski definition) is 6. The number of hydrogen-bond donors (Lipinski definition) is 0. The van der Waals surface area contributed by atoms with Crippen LogP contribution in [0, 0.1) is 6.92 Å². The van der Waals surface area contributed by atoms with E-state index in [9.17, 15) is 9.90 Å². The van der Waals surface area contributed by atoms with Gasteiger partial charge in [-0.15, -0.1) is 10.2 Å². The molecule has 0 radical (unpaired) electrons. The number of aryl methyl sites for hydroxylation is 1. The van der Waals surface area contributed by atoms with Crippen molar-refractivity contribution in [3.8, 4) is 22.8 Å². The highest BCUT2D eigenvalue weighted by Crippen LogP contribution is 2.33. The van der Waals surface area contributed by atoms with Crippen LogP contribution >= 0.6 is 11.8 Å². The SMILES string of the molecule is COc1ccccc1-n1c(SCC(=O)[O-])nnc1-c1ccccc1C. The summed E-state index contributed by atoms with van der Waals surface area (Å²) < 4.78 is 7.27. The van der Waals surface area contributed by atoms with Gasteiger partial charge in [-0.2, -0.15) is 0 Å². The molecule has 0 N–H and O–H groups in total. The van der Waals surface area contributed by atoms with Crippen LogP contribution in [0.1, 0.15) is 5.56 Å². The maximum absolute atomic E-state index is 10.9. The minimum atomic E-state index is -1.16. The summed E-state index contributed by atoms with van der Waals surface area (Å²) in [5.41, 5.74) is 2.71. The van der Waals surface area contributed by atoms with Gasteiger partial charge in [0.1, 0.15) is 5.75 Å². The Morgan fingerprint density at radius 2 is 1.88 bits per heavy atom. The molecule has 25 heavy (non-hydrogen) atoms. The molecule has 0 saturated heterocycles. The van der Waals surface area contributed by atoms with Crippen LogP contribution in [-0.4, -0.2) is 33.6 Å². The highest BCUT2D eigenvalue weighted by molar-refractivity contribution is 7.99. The lowest BCUT2D eigenvalue weighted by molar-refractivity contribution is -0.301. The van der Waals surface area contributed by atoms with E-state index in [-0.39, 0.29) is 5.75 Å². The van der Waals surface area contributed by atoms with Gasteiger partial charge in [0, 0.05) is 11.3 Å². The van der Waals surface area contributed by atoms with Crippen molar-refractivity contribution in [1.82, 2.24) is 14.8 Å². The summed E-state index contributed by atoms with van der Waals surface area (Å²) in [6.45, 7) is 1.99. The van der Waals surface area contributed by atoms with Crippen LogP contribution < -0.4 is 9.84 Å². The summed E-state index contributed by atoms with van der Waals surface area (Å²) in [6.07, 6.45) is 0. The van der Waals surface area contributed by atoms with Gasteiger partial charge in [0.05, 0.1) is 18.8 Å². The van der Waals surface area contributed by atoms with Crippen molar-refractivity contribution in [2.45, 2.75) is 12.1 Å². The summed E-state index contributed by atoms with van der Waals surface area (Å²) >= 11 is 1.06. The van der Waals surface area contributed by atoms with Gasteiger partial charge in [0.2, 0.25) is 0 Å². The molecule has 2 aromatic carbocycles. The zero-order valence-electron chi connectivity index (χ0n) is 13.8. The van der Waals surface area contributed by atoms with Crippen molar-refractivity contribution in [3.05, 3.63) is 54.1 Å². The number of aliphatic carboxylic acids is 1. The molecule has 3 rings (SSSR count). The Labute approximate surface area is 149 Å². The number of para-hydroxylation sites is 2. The molecule has 128 valence electrons. The van der Waals surface area contributed by atoms with Gasteiger partial charge in [-0.1, -0.05) is 48.2 Å². The first-order valence-corrected chi connectivity index (χ1v) is 8.58. The van der Waals surface area contributed by atoms with Crippen LogP contribution in [0.25, 0.3) is 17.1 Å². The first-order valence-electron chi connectivity index (χ1n) is 7.59. The molecule has 3 aromatic rings. The lowest BCUT2D eigenvalue weighted by Crippen LogP contribution is -2.24. The predicted octanol–water partition coefficient (Wildman–Crippen LogP) is 2.09. The van der Waals surface area contributed by atoms with E-state index in [0.29, 0.717) is 16.7 Å². The first-order chi connectivity index (χ1) is 12.1. The molecule has 1 aromatic heterocycles. The monoisotopic (exact) mass is 354 g/mol. The molecule has 6 nitrogen and oxygen atoms in total. The second-order valence-electron chi connectivity index (χ2n) is 5.29. The van der Waals surface area contributed by atoms with Crippen molar-refractivity contribution in [1.29, 1.82) is 0 Å². The van der Waals surface area contributed by atoms with E-state index in [1.54, 1.807) is 7.11 Å². The molecule has 0 aliphatic heterocycles. The Hall–Kier alpha value is -2.80. The maximum Gasteiger partial charge on any atom is 0.196 e. The topological polar surface area (TPSA) is 80.1 Å². The van der Waals surface area contributed by atoms with E-state index in [2.05, 4.69) is 10.2 Å². The fraction of sp³-hybridized carbons (Fsp3) is 0.167. The van der Waals surface area contributed by atoms with Gasteiger partial charge in [0.25, 0.3) is 0 Å². The largest absolute Gasteiger partial charge is 0.549 e. The van der Waals surface area contributed by atoms with Gasteiger partial charge < -0.3 is 14.6 Å². The van der Waals surface area contributed by atoms with Crippen molar-refractivity contribution in [2.24, 2.45) is 0 Å². The van der Waals surface area contributed by atoms with Gasteiger partial charge in [-0.3, -0.25) is 4.57 Å². The molecule has 1 heterocycles. The summed E-state index contributed by atoms with van der Waals surface area (Å²) in [6, 6.07) is 15.3. The number of benzene rings is 2. The minimum Gasteiger partial charge on any atom is -0.549 e. The number of carboxylic acid groups (broad SMARTS) is 1. The Morgan fingerprint density at radius 3 is 2.60 bits per heavy atom. The maximum atomic E-state index is 10.9. The molecule has 0 unspecified atom stereocenters. The van der Waals surface area contributed by atoms with Gasteiger partial charge >= 0.3 is 0 Å². The highest BCUT2D eigenvalue weighted by atomic mass is 32.2. The van der Waals surface area contributed by atoms with E-state index >= 15 is 0 Å². The number of ether oxygens (including phenoxy) is 1. The standard InChI is InChI=1S/C18H17N3O3S/c1-12-7-3-4-8-13(12)17-19-20-18(25-11-16(22)23)21(17)14-9-5-6-10-15(14)24-2/h3-10H,11H2,1-2H3,(H,22,23)/p-1. The molecule has 0 saturated carbocycles. The fourth-order valence-corrected chi connectivity index (χ4v) is 3.18. The van der Waals surface area contributed by atoms with Crippen LogP contribution in [0.3, 0.4) is 0 Å². The lowest BCUT2D eigenvalue weighted by Gasteiger charge is -2.14. The third-order valence-corrected chi connectivity index (χ3v) is 4.57. The van der Waals surface area contributed by atoms with Crippen molar-refractivity contribution >= 4 is 17.7 Å². The van der Waals surface area contributed by atoms with Crippen molar-refractivity contribution in [3.63, 3.8) is 0 Å². The molecule has 0 amide bonds. The number of rotatable bonds is 6. The molecule has 7 heteroatoms. The quantitative estimate of drug-likeness (QED) is 0.631. The summed E-state index contributed by atoms with van der Waals surface area (Å²) in [7, 11) is 1.59. The normalized spacial score (nSPS) is 10.6. The number of aromatic nitrogens is 3. The molecule has 0 atom stereocenters. The molecule has 0 aliphatic rings. The number of nitrogens with zero attached hydrogens (tertiary/aromatic N) is 3. The fourth-order valence-electron chi connectivity index (χ4n) is 2.52. The Kier molecular flexibility index (Phi) is 5.04. The number of methoxy groups -OCH3 is 1. The Morgan fingerprint density at radius 1 is 1.16 bits per heavy atom. The molecule has 0 bridgehead atoms. The molecular formula is C18H16N3O3S-. The average molecular weight is 354 g/mol. The zero-order chi connectivity index (χ0) is 17.8. The summed E-state index contributed by atoms with van der Waals surface area (Å²) in [5.74, 6) is -0.0889. The third-order valence-electron chi connectivity index (χ3n) is 3.66.